The van der Waals surface area contributed by atoms with Gasteiger partial charge in [-0.2, -0.15) is 5.10 Å². The number of nitrogens with zero attached hydrogens (tertiary/aromatic N) is 2. The second kappa shape index (κ2) is 3.14. The van der Waals surface area contributed by atoms with E-state index in [1.807, 2.05) is 25.1 Å². The quantitative estimate of drug-likeness (QED) is 0.425. The Morgan fingerprint density at radius 1 is 1.54 bits per heavy atom. The highest BCUT2D eigenvalue weighted by Gasteiger charge is 1.99. The summed E-state index contributed by atoms with van der Waals surface area (Å²) in [4.78, 5) is 4.36. The van der Waals surface area contributed by atoms with Crippen molar-refractivity contribution >= 4 is 27.8 Å². The number of nitrogens with two attached hydrogens (primary N) is 1. The molecule has 0 aliphatic heterocycles. The Labute approximate surface area is 79.9 Å². The highest BCUT2D eigenvalue weighted by molar-refractivity contribution is 7.18. The van der Waals surface area contributed by atoms with Crippen LogP contribution in [-0.2, 0) is 0 Å². The SMILES string of the molecule is Cc1nc2ccc(/C=N/N)cc2s1. The van der Waals surface area contributed by atoms with Crippen molar-refractivity contribution in [3.05, 3.63) is 28.8 Å². The van der Waals surface area contributed by atoms with Crippen molar-refractivity contribution in [1.82, 2.24) is 4.98 Å². The van der Waals surface area contributed by atoms with Crippen LogP contribution >= 0.6 is 11.3 Å². The Bertz CT molecular complexity index is 459. The van der Waals surface area contributed by atoms with E-state index in [0.717, 1.165) is 16.1 Å². The molecule has 0 bridgehead atoms. The summed E-state index contributed by atoms with van der Waals surface area (Å²) in [6, 6.07) is 5.98. The zero-order valence-electron chi connectivity index (χ0n) is 7.19. The molecule has 2 aromatic rings. The zero-order valence-corrected chi connectivity index (χ0v) is 8.01. The zero-order chi connectivity index (χ0) is 9.26. The summed E-state index contributed by atoms with van der Waals surface area (Å²) >= 11 is 1.68. The van der Waals surface area contributed by atoms with Gasteiger partial charge in [0.2, 0.25) is 0 Å². The fraction of sp³-hybridized carbons (Fsp3) is 0.111. The molecule has 0 saturated carbocycles. The summed E-state index contributed by atoms with van der Waals surface area (Å²) in [6.07, 6.45) is 1.63. The third-order valence-electron chi connectivity index (χ3n) is 1.74. The minimum atomic E-state index is 1.01. The minimum absolute atomic E-state index is 1.01. The second-order valence-corrected chi connectivity index (χ2v) is 3.97. The maximum atomic E-state index is 5.07. The van der Waals surface area contributed by atoms with Crippen molar-refractivity contribution in [3.8, 4) is 0 Å². The van der Waals surface area contributed by atoms with Crippen LogP contribution in [-0.4, -0.2) is 11.2 Å². The smallest absolute Gasteiger partial charge is 0.0907 e. The Morgan fingerprint density at radius 3 is 3.15 bits per heavy atom. The summed E-state index contributed by atoms with van der Waals surface area (Å²) in [5.41, 5.74) is 2.05. The number of benzene rings is 1. The van der Waals surface area contributed by atoms with Gasteiger partial charge in [-0.3, -0.25) is 0 Å². The number of rotatable bonds is 1. The summed E-state index contributed by atoms with van der Waals surface area (Å²) in [5.74, 6) is 5.07. The maximum Gasteiger partial charge on any atom is 0.0907 e. The lowest BCUT2D eigenvalue weighted by molar-refractivity contribution is 1.26. The molecule has 0 radical (unpaired) electrons. The first-order chi connectivity index (χ1) is 6.29. The summed E-state index contributed by atoms with van der Waals surface area (Å²) in [5, 5.41) is 4.56. The molecule has 0 spiro atoms. The van der Waals surface area contributed by atoms with Gasteiger partial charge >= 0.3 is 0 Å². The molecule has 1 heterocycles. The van der Waals surface area contributed by atoms with E-state index >= 15 is 0 Å². The predicted molar refractivity (Wildman–Crippen MR) is 56.1 cm³/mol. The van der Waals surface area contributed by atoms with Gasteiger partial charge in [0.1, 0.15) is 0 Å². The average molecular weight is 191 g/mol. The van der Waals surface area contributed by atoms with Gasteiger partial charge < -0.3 is 5.84 Å². The molecule has 66 valence electrons. The van der Waals surface area contributed by atoms with E-state index in [1.165, 1.54) is 4.70 Å². The van der Waals surface area contributed by atoms with Crippen molar-refractivity contribution in [2.24, 2.45) is 10.9 Å². The van der Waals surface area contributed by atoms with E-state index in [-0.39, 0.29) is 0 Å². The summed E-state index contributed by atoms with van der Waals surface area (Å²) in [6.45, 7) is 2.00. The van der Waals surface area contributed by atoms with Crippen LogP contribution in [0.1, 0.15) is 10.6 Å². The standard InChI is InChI=1S/C9H9N3S/c1-6-12-8-3-2-7(5-11-10)4-9(8)13-6/h2-5H,10H2,1H3/b11-5+. The lowest BCUT2D eigenvalue weighted by Gasteiger charge is -1.90. The lowest BCUT2D eigenvalue weighted by atomic mass is 10.2. The fourth-order valence-corrected chi connectivity index (χ4v) is 2.10. The van der Waals surface area contributed by atoms with Gasteiger partial charge in [0.15, 0.2) is 0 Å². The molecule has 3 nitrogen and oxygen atoms in total. The normalized spacial score (nSPS) is 11.5. The molecule has 2 rings (SSSR count). The Balaban J connectivity index is 2.61. The molecule has 13 heavy (non-hydrogen) atoms. The minimum Gasteiger partial charge on any atom is -0.323 e. The Hall–Kier alpha value is -1.42. The number of fused-ring (bicyclic) bond motifs is 1. The van der Waals surface area contributed by atoms with Crippen LogP contribution < -0.4 is 5.84 Å². The average Bonchev–Trinajstić information content (AvgIpc) is 2.44. The van der Waals surface area contributed by atoms with Gasteiger partial charge in [-0.25, -0.2) is 4.98 Å². The molecule has 0 atom stereocenters. The number of hydrazone groups is 1. The van der Waals surface area contributed by atoms with E-state index in [4.69, 9.17) is 5.84 Å². The monoisotopic (exact) mass is 191 g/mol. The van der Waals surface area contributed by atoms with Gasteiger partial charge in [-0.05, 0) is 24.6 Å². The number of hydrogen-bond donors (Lipinski definition) is 1. The van der Waals surface area contributed by atoms with E-state index in [0.29, 0.717) is 0 Å². The molecular weight excluding hydrogens is 182 g/mol. The van der Waals surface area contributed by atoms with Gasteiger partial charge in [-0.1, -0.05) is 6.07 Å². The van der Waals surface area contributed by atoms with E-state index in [9.17, 15) is 0 Å². The van der Waals surface area contributed by atoms with Crippen molar-refractivity contribution in [3.63, 3.8) is 0 Å². The molecule has 1 aromatic heterocycles. The first-order valence-corrected chi connectivity index (χ1v) is 4.72. The molecule has 0 amide bonds. The van der Waals surface area contributed by atoms with Crippen LogP contribution in [0, 0.1) is 6.92 Å². The number of aromatic nitrogens is 1. The highest BCUT2D eigenvalue weighted by atomic mass is 32.1. The topological polar surface area (TPSA) is 51.3 Å². The lowest BCUT2D eigenvalue weighted by Crippen LogP contribution is -1.85. The molecule has 1 aromatic carbocycles. The highest BCUT2D eigenvalue weighted by Crippen LogP contribution is 2.21. The first-order valence-electron chi connectivity index (χ1n) is 3.90. The van der Waals surface area contributed by atoms with Gasteiger partial charge in [0.05, 0.1) is 21.4 Å². The van der Waals surface area contributed by atoms with E-state index < -0.39 is 0 Å². The predicted octanol–water partition coefficient (Wildman–Crippen LogP) is 1.90. The third kappa shape index (κ3) is 1.53. The van der Waals surface area contributed by atoms with Crippen molar-refractivity contribution in [1.29, 1.82) is 0 Å². The molecule has 0 aliphatic carbocycles. The Kier molecular flexibility index (Phi) is 1.98. The molecular formula is C9H9N3S. The van der Waals surface area contributed by atoms with E-state index in [1.54, 1.807) is 17.6 Å². The van der Waals surface area contributed by atoms with Crippen LogP contribution in [0.3, 0.4) is 0 Å². The van der Waals surface area contributed by atoms with E-state index in [2.05, 4.69) is 10.1 Å². The van der Waals surface area contributed by atoms with Gasteiger partial charge in [-0.15, -0.1) is 11.3 Å². The molecule has 0 unspecified atom stereocenters. The van der Waals surface area contributed by atoms with Gasteiger partial charge in [0.25, 0.3) is 0 Å². The van der Waals surface area contributed by atoms with Crippen LogP contribution in [0.15, 0.2) is 23.3 Å². The maximum absolute atomic E-state index is 5.07. The van der Waals surface area contributed by atoms with Crippen molar-refractivity contribution in [2.75, 3.05) is 0 Å². The number of hydrogen-bond acceptors (Lipinski definition) is 4. The van der Waals surface area contributed by atoms with Crippen molar-refractivity contribution in [2.45, 2.75) is 6.92 Å². The van der Waals surface area contributed by atoms with Gasteiger partial charge in [0, 0.05) is 0 Å². The number of thiazole rings is 1. The third-order valence-corrected chi connectivity index (χ3v) is 2.68. The summed E-state index contributed by atoms with van der Waals surface area (Å²) in [7, 11) is 0. The first kappa shape index (κ1) is 8.19. The van der Waals surface area contributed by atoms with Crippen LogP contribution in [0.5, 0.6) is 0 Å². The Morgan fingerprint density at radius 2 is 2.38 bits per heavy atom. The second-order valence-electron chi connectivity index (χ2n) is 2.74. The molecule has 2 N–H and O–H groups in total. The number of aryl methyl sites for hydroxylation is 1. The molecule has 0 fully saturated rings. The molecule has 0 saturated heterocycles. The van der Waals surface area contributed by atoms with Crippen LogP contribution in [0.2, 0.25) is 0 Å². The fourth-order valence-electron chi connectivity index (χ4n) is 1.22. The van der Waals surface area contributed by atoms with Crippen LogP contribution in [0.4, 0.5) is 0 Å². The summed E-state index contributed by atoms with van der Waals surface area (Å²) < 4.78 is 1.18. The molecule has 4 heteroatoms. The van der Waals surface area contributed by atoms with Crippen molar-refractivity contribution < 1.29 is 0 Å². The van der Waals surface area contributed by atoms with Crippen LogP contribution in [0.25, 0.3) is 10.2 Å². The largest absolute Gasteiger partial charge is 0.323 e. The molecule has 0 aliphatic rings.